The van der Waals surface area contributed by atoms with E-state index in [-0.39, 0.29) is 33.2 Å². The van der Waals surface area contributed by atoms with Crippen molar-refractivity contribution in [3.63, 3.8) is 0 Å². The van der Waals surface area contributed by atoms with Crippen LogP contribution >= 0.6 is 0 Å². The number of nitrogens with zero attached hydrogens (tertiary/aromatic N) is 4. The summed E-state index contributed by atoms with van der Waals surface area (Å²) in [7, 11) is 0. The first kappa shape index (κ1) is 58.8. The zero-order chi connectivity index (χ0) is 64.5. The van der Waals surface area contributed by atoms with Crippen LogP contribution < -0.4 is 39.9 Å². The Labute approximate surface area is 582 Å². The van der Waals surface area contributed by atoms with Crippen molar-refractivity contribution in [1.29, 1.82) is 0 Å². The molecule has 0 N–H and O–H groups in total. The molecule has 3 aliphatic heterocycles. The molecule has 468 valence electrons. The first-order valence-corrected chi connectivity index (χ1v) is 32.8. The second-order valence-electron chi connectivity index (χ2n) is 26.2. The molecule has 0 bridgehead atoms. The minimum absolute atomic E-state index is 0. The second-order valence-corrected chi connectivity index (χ2v) is 26.2. The Balaban J connectivity index is 0.00000696. The van der Waals surface area contributed by atoms with E-state index in [0.29, 0.717) is 11.5 Å². The van der Waals surface area contributed by atoms with E-state index in [0.717, 1.165) is 173 Å². The van der Waals surface area contributed by atoms with Gasteiger partial charge in [-0.2, -0.15) is 18.2 Å². The number of hydrogen-bond donors (Lipinski definition) is 0. The van der Waals surface area contributed by atoms with Crippen LogP contribution in [-0.2, 0) is 26.5 Å². The number of aromatic nitrogens is 4. The molecule has 0 saturated heterocycles. The number of imidazole rings is 1. The maximum absolute atomic E-state index is 7.13. The normalized spacial score (nSPS) is 12.4. The molecule has 0 aliphatic carbocycles. The zero-order valence-electron chi connectivity index (χ0n) is 53.5. The topological polar surface area (TPSA) is 63.6 Å². The Bertz CT molecular complexity index is 5610. The van der Waals surface area contributed by atoms with Crippen LogP contribution in [0.2, 0.25) is 0 Å². The van der Waals surface area contributed by atoms with Crippen LogP contribution in [0.1, 0.15) is 26.3 Å². The summed E-state index contributed by atoms with van der Waals surface area (Å²) >= 11 is 0. The molecular formula is C88H57BN4O4Pt-2. The van der Waals surface area contributed by atoms with Crippen molar-refractivity contribution >= 4 is 55.9 Å². The molecule has 8 nitrogen and oxygen atoms in total. The van der Waals surface area contributed by atoms with E-state index in [1.54, 1.807) is 0 Å². The maximum atomic E-state index is 7.13. The van der Waals surface area contributed by atoms with Crippen LogP contribution in [0, 0.1) is 18.5 Å². The van der Waals surface area contributed by atoms with Crippen molar-refractivity contribution in [2.45, 2.75) is 26.2 Å². The molecule has 0 unspecified atom stereocenters. The number of hydrogen-bond acceptors (Lipinski definition) is 5. The summed E-state index contributed by atoms with van der Waals surface area (Å²) < 4.78 is 34.1. The third-order valence-electron chi connectivity index (χ3n) is 19.3. The van der Waals surface area contributed by atoms with Gasteiger partial charge < -0.3 is 28.1 Å². The summed E-state index contributed by atoms with van der Waals surface area (Å²) in [6.07, 6.45) is 5.85. The van der Waals surface area contributed by atoms with E-state index in [9.17, 15) is 0 Å². The number of para-hydroxylation sites is 3. The van der Waals surface area contributed by atoms with Crippen LogP contribution in [0.15, 0.2) is 291 Å². The van der Waals surface area contributed by atoms with E-state index in [1.165, 1.54) is 0 Å². The molecule has 19 rings (SSSR count). The fourth-order valence-electron chi connectivity index (χ4n) is 14.7. The summed E-state index contributed by atoms with van der Waals surface area (Å²) in [4.78, 5) is 5.09. The van der Waals surface area contributed by atoms with Crippen molar-refractivity contribution in [1.82, 2.24) is 14.1 Å². The monoisotopic (exact) mass is 1440 g/mol. The van der Waals surface area contributed by atoms with E-state index in [2.05, 4.69) is 283 Å². The van der Waals surface area contributed by atoms with Crippen LogP contribution in [0.3, 0.4) is 0 Å². The van der Waals surface area contributed by atoms with Gasteiger partial charge in [-0.3, -0.25) is 4.57 Å². The Morgan fingerprint density at radius 3 is 1.50 bits per heavy atom. The summed E-state index contributed by atoms with van der Waals surface area (Å²) in [5.74, 6) is 6.28. The number of fused-ring (bicyclic) bond motifs is 5. The third kappa shape index (κ3) is 9.78. The van der Waals surface area contributed by atoms with Crippen LogP contribution in [-0.4, -0.2) is 20.8 Å². The standard InChI is InChI=1S/C88H57BN4O4.Pt/c1-88(2,3)65-42-43-90-81(50-65)93-74-52-68(40-41-71(74)82-75(93)53-80-85-87(82)97-79-39-21-37-77-84(79)89(85)83-76(95-77)36-20-38-78(83)96-80)94-67-31-18-30-66(51-67)91-54-92(73-35-17-16-34-72(73)91)86-69(63-46-59(55-22-8-4-9-23-55)44-60(47-63)56-24-10-5-11-25-56)32-19-33-70(86)64-48-61(57-26-12-6-13-27-57)45-62(49-64)58-28-14-7-15-29-58;/h4-50,53H,1-3H3;/q-2;. The fourth-order valence-corrected chi connectivity index (χ4v) is 14.7. The van der Waals surface area contributed by atoms with E-state index < -0.39 is 0 Å². The van der Waals surface area contributed by atoms with Gasteiger partial charge in [-0.1, -0.05) is 208 Å². The number of pyridine rings is 1. The third-order valence-corrected chi connectivity index (χ3v) is 19.3. The molecule has 0 fully saturated rings. The van der Waals surface area contributed by atoms with Gasteiger partial charge in [0.1, 0.15) is 40.3 Å². The van der Waals surface area contributed by atoms with Crippen LogP contribution in [0.4, 0.5) is 0 Å². The van der Waals surface area contributed by atoms with Gasteiger partial charge in [0.15, 0.2) is 0 Å². The molecule has 10 heteroatoms. The number of rotatable bonds is 11. The molecule has 0 atom stereocenters. The smallest absolute Gasteiger partial charge is 0.270 e. The number of ether oxygens (including phenoxy) is 4. The Kier molecular flexibility index (Phi) is 14.0. The summed E-state index contributed by atoms with van der Waals surface area (Å²) in [6.45, 7) is 6.51. The minimum Gasteiger partial charge on any atom is -0.510 e. The van der Waals surface area contributed by atoms with Gasteiger partial charge in [0, 0.05) is 66.7 Å². The van der Waals surface area contributed by atoms with Gasteiger partial charge in [0.05, 0.1) is 16.7 Å². The molecule has 13 aromatic carbocycles. The van der Waals surface area contributed by atoms with E-state index in [1.807, 2.05) is 60.8 Å². The Hall–Kier alpha value is -11.8. The molecule has 98 heavy (non-hydrogen) atoms. The SMILES string of the molecule is CC(C)(C)c1ccnc(-n2c3[c-]c(Oc4[c-]c(-n5[c-][n+](-c6c(-c7cc(-c8ccccc8)cc(-c8ccccc8)c7)cccc6-c6cc(-c7ccccc7)cc(-c7ccccc7)c6)c6ccccc65)ccc4)ccc3c3c4c5c(cc32)Oc2cccc3c2B5c2c(cccc2O4)O3)c1.[Pt]. The van der Waals surface area contributed by atoms with Gasteiger partial charge in [-0.15, -0.1) is 24.3 Å². The van der Waals surface area contributed by atoms with Crippen molar-refractivity contribution in [3.8, 4) is 130 Å². The molecule has 0 radical (unpaired) electrons. The zero-order valence-corrected chi connectivity index (χ0v) is 55.8. The van der Waals surface area contributed by atoms with Crippen molar-refractivity contribution < 1.29 is 44.6 Å². The molecule has 3 aromatic heterocycles. The molecule has 6 heterocycles. The maximum Gasteiger partial charge on any atom is 0.270 e. The van der Waals surface area contributed by atoms with Gasteiger partial charge in [0.25, 0.3) is 13.0 Å². The van der Waals surface area contributed by atoms with Gasteiger partial charge >= 0.3 is 0 Å². The van der Waals surface area contributed by atoms with Crippen molar-refractivity contribution in [3.05, 3.63) is 315 Å². The fraction of sp³-hybridized carbons (Fsp3) is 0.0455. The Morgan fingerprint density at radius 2 is 0.929 bits per heavy atom. The predicted molar refractivity (Wildman–Crippen MR) is 389 cm³/mol. The van der Waals surface area contributed by atoms with Crippen molar-refractivity contribution in [2.24, 2.45) is 0 Å². The van der Waals surface area contributed by atoms with Crippen molar-refractivity contribution in [2.75, 3.05) is 0 Å². The molecule has 0 amide bonds. The van der Waals surface area contributed by atoms with Gasteiger partial charge in [0.2, 0.25) is 0 Å². The van der Waals surface area contributed by atoms with E-state index in [4.69, 9.17) is 23.9 Å². The van der Waals surface area contributed by atoms with Gasteiger partial charge in [-0.05, 0) is 162 Å². The molecule has 0 saturated carbocycles. The quantitative estimate of drug-likeness (QED) is 0.0734. The second kappa shape index (κ2) is 23.3. The molecule has 3 aliphatic rings. The molecule has 16 aromatic rings. The van der Waals surface area contributed by atoms with Gasteiger partial charge in [-0.25, -0.2) is 4.98 Å². The van der Waals surface area contributed by atoms with E-state index >= 15 is 0 Å². The first-order chi connectivity index (χ1) is 47.7. The largest absolute Gasteiger partial charge is 0.510 e. The number of benzene rings is 13. The molecule has 0 spiro atoms. The summed E-state index contributed by atoms with van der Waals surface area (Å²) in [5, 5.41) is 1.85. The molecular weight excluding hydrogens is 1380 g/mol. The average molecular weight is 1440 g/mol. The summed E-state index contributed by atoms with van der Waals surface area (Å²) in [5.41, 5.74) is 22.4. The average Bonchev–Trinajstić information content (AvgIpc) is 1.30. The van der Waals surface area contributed by atoms with Crippen LogP contribution in [0.5, 0.6) is 46.0 Å². The van der Waals surface area contributed by atoms with Crippen LogP contribution in [0.25, 0.3) is 117 Å². The minimum atomic E-state index is -0.159. The Morgan fingerprint density at radius 1 is 0.429 bits per heavy atom. The first-order valence-electron chi connectivity index (χ1n) is 32.8. The summed E-state index contributed by atoms with van der Waals surface area (Å²) in [6, 6.07) is 108. The predicted octanol–water partition coefficient (Wildman–Crippen LogP) is 19.7.